The second kappa shape index (κ2) is 3.35. The Morgan fingerprint density at radius 2 is 2.29 bits per heavy atom. The molecular formula is C12H14OS. The fraction of sp³-hybridized carbons (Fsp3) is 0.417. The zero-order valence-electron chi connectivity index (χ0n) is 8.49. The highest BCUT2D eigenvalue weighted by Crippen LogP contribution is 2.38. The molecule has 0 amide bonds. The lowest BCUT2D eigenvalue weighted by atomic mass is 9.76. The number of hydrogen-bond acceptors (Lipinski definition) is 2. The largest absolute Gasteiger partial charge is 0.294 e. The maximum atomic E-state index is 11.7. The van der Waals surface area contributed by atoms with E-state index < -0.39 is 0 Å². The molecule has 1 unspecified atom stereocenters. The molecule has 2 rings (SSSR count). The Balaban J connectivity index is 2.30. The predicted octanol–water partition coefficient (Wildman–Crippen LogP) is 3.39. The number of rotatable bonds is 1. The van der Waals surface area contributed by atoms with E-state index in [4.69, 9.17) is 0 Å². The van der Waals surface area contributed by atoms with Gasteiger partial charge < -0.3 is 0 Å². The van der Waals surface area contributed by atoms with E-state index in [9.17, 15) is 4.79 Å². The summed E-state index contributed by atoms with van der Waals surface area (Å²) in [5, 5.41) is 2.04. The first-order valence-corrected chi connectivity index (χ1v) is 5.73. The second-order valence-electron chi connectivity index (χ2n) is 4.50. The second-order valence-corrected chi connectivity index (χ2v) is 5.48. The number of carbonyl (C=O) groups is 1. The minimum atomic E-state index is 0.0926. The zero-order chi connectivity index (χ0) is 10.2. The van der Waals surface area contributed by atoms with Crippen molar-refractivity contribution in [2.75, 3.05) is 0 Å². The first-order chi connectivity index (χ1) is 6.58. The van der Waals surface area contributed by atoms with Gasteiger partial charge in [0.15, 0.2) is 5.78 Å². The Kier molecular flexibility index (Phi) is 2.31. The van der Waals surface area contributed by atoms with Gasteiger partial charge in [-0.2, -0.15) is 0 Å². The van der Waals surface area contributed by atoms with E-state index in [2.05, 4.69) is 19.9 Å². The Hall–Kier alpha value is -0.890. The molecule has 0 N–H and O–H groups in total. The van der Waals surface area contributed by atoms with Gasteiger partial charge in [0.25, 0.3) is 0 Å². The van der Waals surface area contributed by atoms with Gasteiger partial charge in [-0.25, -0.2) is 0 Å². The minimum Gasteiger partial charge on any atom is -0.294 e. The molecule has 1 aromatic heterocycles. The number of carbonyl (C=O) groups excluding carboxylic acids is 1. The van der Waals surface area contributed by atoms with Crippen molar-refractivity contribution in [3.63, 3.8) is 0 Å². The van der Waals surface area contributed by atoms with Crippen molar-refractivity contribution < 1.29 is 4.79 Å². The lowest BCUT2D eigenvalue weighted by molar-refractivity contribution is -0.117. The van der Waals surface area contributed by atoms with Crippen LogP contribution in [-0.4, -0.2) is 5.78 Å². The van der Waals surface area contributed by atoms with Crippen LogP contribution in [0.15, 0.2) is 29.7 Å². The molecule has 2 heteroatoms. The topological polar surface area (TPSA) is 17.1 Å². The highest BCUT2D eigenvalue weighted by molar-refractivity contribution is 7.10. The minimum absolute atomic E-state index is 0.0926. The summed E-state index contributed by atoms with van der Waals surface area (Å²) in [4.78, 5) is 12.9. The van der Waals surface area contributed by atoms with E-state index in [1.54, 1.807) is 17.4 Å². The van der Waals surface area contributed by atoms with Gasteiger partial charge in [0.2, 0.25) is 0 Å². The summed E-state index contributed by atoms with van der Waals surface area (Å²) >= 11 is 1.68. The first kappa shape index (κ1) is 9.66. The molecule has 0 fully saturated rings. The highest BCUT2D eigenvalue weighted by atomic mass is 32.1. The van der Waals surface area contributed by atoms with Crippen molar-refractivity contribution >= 4 is 17.1 Å². The van der Waals surface area contributed by atoms with E-state index in [0.29, 0.717) is 0 Å². The molecule has 1 heterocycles. The molecule has 0 aliphatic heterocycles. The van der Waals surface area contributed by atoms with E-state index in [0.717, 1.165) is 6.42 Å². The van der Waals surface area contributed by atoms with Gasteiger partial charge in [-0.15, -0.1) is 11.3 Å². The number of thiophene rings is 1. The Labute approximate surface area is 88.5 Å². The van der Waals surface area contributed by atoms with Crippen LogP contribution < -0.4 is 0 Å². The third-order valence-corrected chi connectivity index (χ3v) is 3.65. The lowest BCUT2D eigenvalue weighted by Gasteiger charge is -2.28. The monoisotopic (exact) mass is 206 g/mol. The Bertz CT molecular complexity index is 360. The van der Waals surface area contributed by atoms with Crippen molar-refractivity contribution in [3.05, 3.63) is 34.5 Å². The zero-order valence-corrected chi connectivity index (χ0v) is 9.30. The molecule has 1 atom stereocenters. The standard InChI is InChI=1S/C12H14OS/c1-12(2)6-5-10(13)9(8-12)11-4-3-7-14-11/h3-7,9H,8H2,1-2H3. The molecule has 0 spiro atoms. The van der Waals surface area contributed by atoms with E-state index in [1.165, 1.54) is 4.88 Å². The maximum absolute atomic E-state index is 11.7. The van der Waals surface area contributed by atoms with Crippen LogP contribution >= 0.6 is 11.3 Å². The number of allylic oxidation sites excluding steroid dienone is 2. The number of ketones is 1. The molecule has 0 saturated carbocycles. The fourth-order valence-electron chi connectivity index (χ4n) is 1.85. The van der Waals surface area contributed by atoms with Crippen molar-refractivity contribution in [1.82, 2.24) is 0 Å². The number of hydrogen-bond donors (Lipinski definition) is 0. The van der Waals surface area contributed by atoms with Gasteiger partial charge >= 0.3 is 0 Å². The lowest BCUT2D eigenvalue weighted by Crippen LogP contribution is -2.23. The highest BCUT2D eigenvalue weighted by Gasteiger charge is 2.30. The molecule has 1 nitrogen and oxygen atoms in total. The fourth-order valence-corrected chi connectivity index (χ4v) is 2.68. The quantitative estimate of drug-likeness (QED) is 0.688. The summed E-state index contributed by atoms with van der Waals surface area (Å²) in [5.41, 5.74) is 0.155. The molecule has 0 aromatic carbocycles. The van der Waals surface area contributed by atoms with Gasteiger partial charge in [0.05, 0.1) is 5.92 Å². The average molecular weight is 206 g/mol. The first-order valence-electron chi connectivity index (χ1n) is 4.85. The van der Waals surface area contributed by atoms with E-state index >= 15 is 0 Å². The van der Waals surface area contributed by atoms with Crippen LogP contribution in [-0.2, 0) is 4.79 Å². The third-order valence-electron chi connectivity index (χ3n) is 2.66. The van der Waals surface area contributed by atoms with Crippen molar-refractivity contribution in [1.29, 1.82) is 0 Å². The van der Waals surface area contributed by atoms with Gasteiger partial charge in [0, 0.05) is 4.88 Å². The van der Waals surface area contributed by atoms with Gasteiger partial charge in [-0.1, -0.05) is 26.0 Å². The van der Waals surface area contributed by atoms with Crippen LogP contribution in [0.4, 0.5) is 0 Å². The maximum Gasteiger partial charge on any atom is 0.163 e. The molecule has 0 bridgehead atoms. The molecule has 0 saturated heterocycles. The van der Waals surface area contributed by atoms with Crippen LogP contribution in [0.5, 0.6) is 0 Å². The predicted molar refractivity (Wildman–Crippen MR) is 59.6 cm³/mol. The normalized spacial score (nSPS) is 25.3. The van der Waals surface area contributed by atoms with Crippen LogP contribution in [0.1, 0.15) is 31.1 Å². The molecular weight excluding hydrogens is 192 g/mol. The van der Waals surface area contributed by atoms with Crippen LogP contribution in [0.2, 0.25) is 0 Å². The van der Waals surface area contributed by atoms with Crippen molar-refractivity contribution in [2.45, 2.75) is 26.2 Å². The Morgan fingerprint density at radius 3 is 2.93 bits per heavy atom. The summed E-state index contributed by atoms with van der Waals surface area (Å²) in [7, 11) is 0. The summed E-state index contributed by atoms with van der Waals surface area (Å²) in [6, 6.07) is 4.07. The third kappa shape index (κ3) is 1.80. The summed E-state index contributed by atoms with van der Waals surface area (Å²) in [5.74, 6) is 0.349. The molecule has 1 aliphatic carbocycles. The van der Waals surface area contributed by atoms with Crippen LogP contribution in [0.3, 0.4) is 0 Å². The molecule has 0 radical (unpaired) electrons. The van der Waals surface area contributed by atoms with Crippen LogP contribution in [0.25, 0.3) is 0 Å². The molecule has 14 heavy (non-hydrogen) atoms. The average Bonchev–Trinajstić information content (AvgIpc) is 2.62. The van der Waals surface area contributed by atoms with Crippen molar-refractivity contribution in [3.8, 4) is 0 Å². The van der Waals surface area contributed by atoms with Crippen molar-refractivity contribution in [2.24, 2.45) is 5.41 Å². The van der Waals surface area contributed by atoms with Gasteiger partial charge in [0.1, 0.15) is 0 Å². The summed E-state index contributed by atoms with van der Waals surface area (Å²) in [6.07, 6.45) is 4.70. The smallest absolute Gasteiger partial charge is 0.163 e. The molecule has 1 aromatic rings. The van der Waals surface area contributed by atoms with Gasteiger partial charge in [-0.3, -0.25) is 4.79 Å². The van der Waals surface area contributed by atoms with E-state index in [-0.39, 0.29) is 17.1 Å². The van der Waals surface area contributed by atoms with Crippen LogP contribution in [0, 0.1) is 5.41 Å². The van der Waals surface area contributed by atoms with Gasteiger partial charge in [-0.05, 0) is 29.4 Å². The van der Waals surface area contributed by atoms with E-state index in [1.807, 2.05) is 17.5 Å². The molecule has 74 valence electrons. The Morgan fingerprint density at radius 1 is 1.50 bits per heavy atom. The summed E-state index contributed by atoms with van der Waals surface area (Å²) in [6.45, 7) is 4.35. The SMILES string of the molecule is CC1(C)C=CC(=O)C(c2cccs2)C1. The summed E-state index contributed by atoms with van der Waals surface area (Å²) < 4.78 is 0. The molecule has 1 aliphatic rings.